The van der Waals surface area contributed by atoms with Gasteiger partial charge in [-0.1, -0.05) is 12.1 Å². The molecule has 3 rings (SSSR count). The number of nitrogens with one attached hydrogen (secondary N) is 1. The van der Waals surface area contributed by atoms with Crippen molar-refractivity contribution >= 4 is 0 Å². The summed E-state index contributed by atoms with van der Waals surface area (Å²) < 4.78 is 10.7. The van der Waals surface area contributed by atoms with E-state index in [1.807, 2.05) is 31.4 Å². The smallest absolute Gasteiger partial charge is 0.231 e. The van der Waals surface area contributed by atoms with Gasteiger partial charge in [-0.2, -0.15) is 0 Å². The lowest BCUT2D eigenvalue weighted by atomic mass is 10.00. The SMILES string of the molecule is CNC(Cc1ccc2c(c1)OCO2)c1cccnc1. The van der Waals surface area contributed by atoms with Gasteiger partial charge in [-0.25, -0.2) is 0 Å². The third-order valence-electron chi connectivity index (χ3n) is 3.31. The Bertz CT molecular complexity index is 557. The van der Waals surface area contributed by atoms with Crippen LogP contribution in [0.1, 0.15) is 17.2 Å². The van der Waals surface area contributed by atoms with Gasteiger partial charge in [-0.05, 0) is 42.8 Å². The molecule has 1 aliphatic heterocycles. The minimum atomic E-state index is 0.245. The van der Waals surface area contributed by atoms with Crippen molar-refractivity contribution in [1.29, 1.82) is 0 Å². The van der Waals surface area contributed by atoms with Gasteiger partial charge in [-0.15, -0.1) is 0 Å². The van der Waals surface area contributed by atoms with E-state index >= 15 is 0 Å². The Labute approximate surface area is 112 Å². The van der Waals surface area contributed by atoms with Crippen molar-refractivity contribution in [3.8, 4) is 11.5 Å². The first kappa shape index (κ1) is 12.0. The minimum absolute atomic E-state index is 0.245. The van der Waals surface area contributed by atoms with Crippen LogP contribution in [-0.4, -0.2) is 18.8 Å². The molecule has 0 aliphatic carbocycles. The van der Waals surface area contributed by atoms with Crippen LogP contribution in [-0.2, 0) is 6.42 Å². The molecular formula is C15H16N2O2. The first-order chi connectivity index (χ1) is 9.36. The largest absolute Gasteiger partial charge is 0.454 e. The number of hydrogen-bond acceptors (Lipinski definition) is 4. The van der Waals surface area contributed by atoms with Crippen LogP contribution in [0.3, 0.4) is 0 Å². The topological polar surface area (TPSA) is 43.4 Å². The summed E-state index contributed by atoms with van der Waals surface area (Å²) in [6.45, 7) is 0.316. The van der Waals surface area contributed by atoms with Crippen molar-refractivity contribution in [2.75, 3.05) is 13.8 Å². The molecule has 1 aromatic heterocycles. The summed E-state index contributed by atoms with van der Waals surface area (Å²) in [5.41, 5.74) is 2.40. The number of pyridine rings is 1. The highest BCUT2D eigenvalue weighted by atomic mass is 16.7. The van der Waals surface area contributed by atoms with Crippen LogP contribution >= 0.6 is 0 Å². The number of benzene rings is 1. The van der Waals surface area contributed by atoms with Crippen LogP contribution < -0.4 is 14.8 Å². The van der Waals surface area contributed by atoms with E-state index in [9.17, 15) is 0 Å². The molecule has 2 heterocycles. The predicted molar refractivity (Wildman–Crippen MR) is 72.3 cm³/mol. The van der Waals surface area contributed by atoms with Crippen LogP contribution in [0.15, 0.2) is 42.7 Å². The number of fused-ring (bicyclic) bond motifs is 1. The quantitative estimate of drug-likeness (QED) is 0.911. The van der Waals surface area contributed by atoms with Crippen molar-refractivity contribution in [3.05, 3.63) is 53.9 Å². The Balaban J connectivity index is 1.80. The molecule has 19 heavy (non-hydrogen) atoms. The van der Waals surface area contributed by atoms with Crippen LogP contribution in [0.25, 0.3) is 0 Å². The molecule has 0 spiro atoms. The van der Waals surface area contributed by atoms with E-state index in [-0.39, 0.29) is 6.04 Å². The van der Waals surface area contributed by atoms with E-state index in [1.54, 1.807) is 6.20 Å². The highest BCUT2D eigenvalue weighted by Gasteiger charge is 2.15. The third kappa shape index (κ3) is 2.53. The maximum Gasteiger partial charge on any atom is 0.231 e. The summed E-state index contributed by atoms with van der Waals surface area (Å²) in [5, 5.41) is 3.32. The number of ether oxygens (including phenoxy) is 2. The fraction of sp³-hybridized carbons (Fsp3) is 0.267. The van der Waals surface area contributed by atoms with E-state index in [0.29, 0.717) is 6.79 Å². The molecule has 1 aliphatic rings. The lowest BCUT2D eigenvalue weighted by molar-refractivity contribution is 0.174. The van der Waals surface area contributed by atoms with E-state index in [4.69, 9.17) is 9.47 Å². The Morgan fingerprint density at radius 1 is 1.26 bits per heavy atom. The molecule has 0 bridgehead atoms. The van der Waals surface area contributed by atoms with E-state index in [2.05, 4.69) is 22.4 Å². The van der Waals surface area contributed by atoms with E-state index < -0.39 is 0 Å². The minimum Gasteiger partial charge on any atom is -0.454 e. The van der Waals surface area contributed by atoms with Crippen molar-refractivity contribution in [2.24, 2.45) is 0 Å². The molecule has 0 saturated carbocycles. The molecule has 4 nitrogen and oxygen atoms in total. The summed E-state index contributed by atoms with van der Waals surface area (Å²) in [6.07, 6.45) is 4.57. The molecule has 0 amide bonds. The van der Waals surface area contributed by atoms with Gasteiger partial charge in [0.1, 0.15) is 0 Å². The van der Waals surface area contributed by atoms with Crippen molar-refractivity contribution < 1.29 is 9.47 Å². The monoisotopic (exact) mass is 256 g/mol. The summed E-state index contributed by atoms with van der Waals surface area (Å²) >= 11 is 0. The number of aromatic nitrogens is 1. The number of hydrogen-bond donors (Lipinski definition) is 1. The van der Waals surface area contributed by atoms with Crippen molar-refractivity contribution in [1.82, 2.24) is 10.3 Å². The third-order valence-corrected chi connectivity index (χ3v) is 3.31. The summed E-state index contributed by atoms with van der Waals surface area (Å²) in [7, 11) is 1.96. The highest BCUT2D eigenvalue weighted by Crippen LogP contribution is 2.33. The normalized spacial score (nSPS) is 14.4. The highest BCUT2D eigenvalue weighted by molar-refractivity contribution is 5.44. The van der Waals surface area contributed by atoms with E-state index in [0.717, 1.165) is 17.9 Å². The maximum atomic E-state index is 5.41. The second-order valence-corrected chi connectivity index (χ2v) is 4.52. The van der Waals surface area contributed by atoms with Crippen LogP contribution in [0, 0.1) is 0 Å². The van der Waals surface area contributed by atoms with Gasteiger partial charge >= 0.3 is 0 Å². The number of nitrogens with zero attached hydrogens (tertiary/aromatic N) is 1. The summed E-state index contributed by atoms with van der Waals surface area (Å²) in [4.78, 5) is 4.17. The van der Waals surface area contributed by atoms with Gasteiger partial charge in [0.25, 0.3) is 0 Å². The van der Waals surface area contributed by atoms with Gasteiger partial charge in [-0.3, -0.25) is 4.98 Å². The van der Waals surface area contributed by atoms with Crippen LogP contribution in [0.2, 0.25) is 0 Å². The Morgan fingerprint density at radius 2 is 2.16 bits per heavy atom. The van der Waals surface area contributed by atoms with E-state index in [1.165, 1.54) is 11.1 Å². The zero-order valence-corrected chi connectivity index (χ0v) is 10.8. The molecule has 0 fully saturated rings. The molecule has 0 radical (unpaired) electrons. The second kappa shape index (κ2) is 5.28. The summed E-state index contributed by atoms with van der Waals surface area (Å²) in [6, 6.07) is 10.4. The first-order valence-corrected chi connectivity index (χ1v) is 6.32. The molecule has 1 unspecified atom stereocenters. The summed E-state index contributed by atoms with van der Waals surface area (Å²) in [5.74, 6) is 1.66. The zero-order chi connectivity index (χ0) is 13.1. The Kier molecular flexibility index (Phi) is 3.33. The molecule has 1 atom stereocenters. The number of likely N-dealkylation sites (N-methyl/N-ethyl adjacent to an activating group) is 1. The van der Waals surface area contributed by atoms with Gasteiger partial charge in [0.2, 0.25) is 6.79 Å². The Hall–Kier alpha value is -2.07. The van der Waals surface area contributed by atoms with Crippen molar-refractivity contribution in [2.45, 2.75) is 12.5 Å². The fourth-order valence-corrected chi connectivity index (χ4v) is 2.27. The zero-order valence-electron chi connectivity index (χ0n) is 10.8. The Morgan fingerprint density at radius 3 is 2.95 bits per heavy atom. The maximum absolute atomic E-state index is 5.41. The predicted octanol–water partition coefficient (Wildman–Crippen LogP) is 2.31. The van der Waals surface area contributed by atoms with Gasteiger partial charge in [0.05, 0.1) is 0 Å². The lowest BCUT2D eigenvalue weighted by Crippen LogP contribution is -2.18. The van der Waals surface area contributed by atoms with Gasteiger partial charge in [0.15, 0.2) is 11.5 Å². The number of rotatable bonds is 4. The average molecular weight is 256 g/mol. The van der Waals surface area contributed by atoms with Crippen molar-refractivity contribution in [3.63, 3.8) is 0 Å². The van der Waals surface area contributed by atoms with Gasteiger partial charge < -0.3 is 14.8 Å². The standard InChI is InChI=1S/C15H16N2O2/c1-16-13(12-3-2-6-17-9-12)7-11-4-5-14-15(8-11)19-10-18-14/h2-6,8-9,13,16H,7,10H2,1H3. The fourth-order valence-electron chi connectivity index (χ4n) is 2.27. The molecule has 4 heteroatoms. The molecule has 2 aromatic rings. The van der Waals surface area contributed by atoms with Crippen LogP contribution in [0.4, 0.5) is 0 Å². The average Bonchev–Trinajstić information content (AvgIpc) is 2.93. The first-order valence-electron chi connectivity index (χ1n) is 6.32. The molecule has 98 valence electrons. The second-order valence-electron chi connectivity index (χ2n) is 4.52. The molecule has 1 N–H and O–H groups in total. The molecule has 1 aromatic carbocycles. The van der Waals surface area contributed by atoms with Crippen LogP contribution in [0.5, 0.6) is 11.5 Å². The molecular weight excluding hydrogens is 240 g/mol. The van der Waals surface area contributed by atoms with Gasteiger partial charge in [0, 0.05) is 18.4 Å². The molecule has 0 saturated heterocycles. The lowest BCUT2D eigenvalue weighted by Gasteiger charge is -2.16.